The molecular weight excluding hydrogens is 248 g/mol. The van der Waals surface area contributed by atoms with Gasteiger partial charge in [-0.2, -0.15) is 0 Å². The Morgan fingerprint density at radius 2 is 2.00 bits per heavy atom. The van der Waals surface area contributed by atoms with Gasteiger partial charge in [0.1, 0.15) is 0 Å². The molecule has 0 aromatic carbocycles. The normalized spacial score (nSPS) is 24.5. The average molecular weight is 272 g/mol. The first-order valence-corrected chi connectivity index (χ1v) is 6.88. The van der Waals surface area contributed by atoms with Crippen LogP contribution in [0.25, 0.3) is 0 Å². The van der Waals surface area contributed by atoms with E-state index in [4.69, 9.17) is 10.5 Å². The Morgan fingerprint density at radius 3 is 2.53 bits per heavy atom. The molecule has 19 heavy (non-hydrogen) atoms. The van der Waals surface area contributed by atoms with Gasteiger partial charge in [0.2, 0.25) is 0 Å². The highest BCUT2D eigenvalue weighted by atomic mass is 16.6. The molecule has 1 rings (SSSR count). The lowest BCUT2D eigenvalue weighted by Crippen LogP contribution is -2.37. The van der Waals surface area contributed by atoms with Gasteiger partial charge in [-0.15, -0.1) is 0 Å². The predicted molar refractivity (Wildman–Crippen MR) is 70.3 cm³/mol. The van der Waals surface area contributed by atoms with E-state index in [1.54, 1.807) is 0 Å². The number of rotatable bonds is 6. The summed E-state index contributed by atoms with van der Waals surface area (Å²) in [5.74, 6) is 0.278. The van der Waals surface area contributed by atoms with Crippen molar-refractivity contribution in [3.8, 4) is 0 Å². The summed E-state index contributed by atoms with van der Waals surface area (Å²) in [6.07, 6.45) is 4.21. The molecule has 1 atom stereocenters. The van der Waals surface area contributed by atoms with Gasteiger partial charge in [-0.05, 0) is 44.4 Å². The van der Waals surface area contributed by atoms with Crippen molar-refractivity contribution in [3.63, 3.8) is 0 Å². The fourth-order valence-corrected chi connectivity index (χ4v) is 2.57. The highest BCUT2D eigenvalue weighted by Crippen LogP contribution is 2.28. The summed E-state index contributed by atoms with van der Waals surface area (Å²) < 4.78 is 4.80. The summed E-state index contributed by atoms with van der Waals surface area (Å²) in [6, 6.07) is 0. The molecule has 1 aliphatic rings. The molecule has 1 saturated carbocycles. The molecule has 0 saturated heterocycles. The predicted octanol–water partition coefficient (Wildman–Crippen LogP) is 0.918. The molecular formula is C13H24N2O4. The number of likely N-dealkylation sites (N-methyl/N-ethyl adjacent to an activating group) is 1. The first-order valence-electron chi connectivity index (χ1n) is 6.88. The van der Waals surface area contributed by atoms with Crippen LogP contribution in [0.15, 0.2) is 0 Å². The fourth-order valence-electron chi connectivity index (χ4n) is 2.57. The van der Waals surface area contributed by atoms with E-state index in [2.05, 4.69) is 5.32 Å². The Labute approximate surface area is 113 Å². The molecule has 0 aliphatic heterocycles. The van der Waals surface area contributed by atoms with Crippen LogP contribution in [0, 0.1) is 5.92 Å². The molecule has 2 amide bonds. The van der Waals surface area contributed by atoms with Crippen LogP contribution in [0.1, 0.15) is 44.9 Å². The Kier molecular flexibility index (Phi) is 6.62. The van der Waals surface area contributed by atoms with Crippen molar-refractivity contribution in [3.05, 3.63) is 0 Å². The van der Waals surface area contributed by atoms with Crippen molar-refractivity contribution in [1.82, 2.24) is 5.32 Å². The van der Waals surface area contributed by atoms with Gasteiger partial charge < -0.3 is 20.9 Å². The number of primary amides is 1. The van der Waals surface area contributed by atoms with E-state index < -0.39 is 12.2 Å². The monoisotopic (exact) mass is 272 g/mol. The Morgan fingerprint density at radius 1 is 1.37 bits per heavy atom. The van der Waals surface area contributed by atoms with Gasteiger partial charge in [0.25, 0.3) is 5.91 Å². The molecule has 6 heteroatoms. The number of aliphatic hydroxyl groups excluding tert-OH is 1. The van der Waals surface area contributed by atoms with Gasteiger partial charge in [-0.1, -0.05) is 6.42 Å². The smallest absolute Gasteiger partial charge is 0.405 e. The number of ether oxygens (including phenoxy) is 1. The van der Waals surface area contributed by atoms with Gasteiger partial charge in [-0.3, -0.25) is 4.79 Å². The average Bonchev–Trinajstić information content (AvgIpc) is 2.38. The van der Waals surface area contributed by atoms with Gasteiger partial charge >= 0.3 is 6.09 Å². The second-order valence-corrected chi connectivity index (χ2v) is 5.15. The molecule has 1 fully saturated rings. The highest BCUT2D eigenvalue weighted by molar-refractivity contribution is 5.82. The number of carbonyl (C=O) groups is 2. The van der Waals surface area contributed by atoms with Crippen molar-refractivity contribution in [2.45, 2.75) is 57.2 Å². The summed E-state index contributed by atoms with van der Waals surface area (Å²) >= 11 is 0. The highest BCUT2D eigenvalue weighted by Gasteiger charge is 2.23. The zero-order valence-electron chi connectivity index (χ0n) is 11.4. The molecule has 0 unspecified atom stereocenters. The summed E-state index contributed by atoms with van der Waals surface area (Å²) in [4.78, 5) is 22.2. The van der Waals surface area contributed by atoms with Crippen LogP contribution in [0.3, 0.4) is 0 Å². The van der Waals surface area contributed by atoms with Crippen LogP contribution >= 0.6 is 0 Å². The topological polar surface area (TPSA) is 102 Å². The summed E-state index contributed by atoms with van der Waals surface area (Å²) in [5.41, 5.74) is 4.95. The van der Waals surface area contributed by atoms with Crippen LogP contribution in [-0.4, -0.2) is 36.4 Å². The van der Waals surface area contributed by atoms with Crippen LogP contribution in [0.2, 0.25) is 0 Å². The molecule has 0 aromatic heterocycles. The van der Waals surface area contributed by atoms with E-state index >= 15 is 0 Å². The number of nitrogens with one attached hydrogen (secondary N) is 1. The summed E-state index contributed by atoms with van der Waals surface area (Å²) in [7, 11) is 1.50. The minimum absolute atomic E-state index is 0.145. The van der Waals surface area contributed by atoms with Crippen LogP contribution in [-0.2, 0) is 9.53 Å². The molecule has 4 N–H and O–H groups in total. The zero-order chi connectivity index (χ0) is 14.3. The lowest BCUT2D eigenvalue weighted by atomic mass is 9.84. The third-order valence-corrected chi connectivity index (χ3v) is 3.69. The molecule has 0 heterocycles. The third kappa shape index (κ3) is 5.92. The summed E-state index contributed by atoms with van der Waals surface area (Å²) in [5, 5.41) is 11.9. The quantitative estimate of drug-likeness (QED) is 0.669. The number of hydrogen-bond donors (Lipinski definition) is 3. The van der Waals surface area contributed by atoms with Gasteiger partial charge in [0, 0.05) is 7.05 Å². The summed E-state index contributed by atoms with van der Waals surface area (Å²) in [6.45, 7) is 0. The lowest BCUT2D eigenvalue weighted by Gasteiger charge is -2.25. The van der Waals surface area contributed by atoms with Gasteiger partial charge in [0.15, 0.2) is 6.10 Å². The number of hydrogen-bond acceptors (Lipinski definition) is 4. The largest absolute Gasteiger partial charge is 0.436 e. The molecule has 6 nitrogen and oxygen atoms in total. The molecule has 0 spiro atoms. The van der Waals surface area contributed by atoms with E-state index in [1.165, 1.54) is 7.05 Å². The molecule has 0 radical (unpaired) electrons. The number of carbonyl (C=O) groups excluding carboxylic acids is 2. The van der Waals surface area contributed by atoms with E-state index in [1.807, 2.05) is 0 Å². The standard InChI is InChI=1S/C13H24N2O4/c1-15-12(17)11(19-13(14)18)4-2-3-9-5-7-10(16)8-6-9/h9-11,16H,2-8H2,1H3,(H2,14,18)(H,15,17)/t9?,10?,11-/m0/s1. The zero-order valence-corrected chi connectivity index (χ0v) is 11.4. The number of aliphatic hydroxyl groups is 1. The Hall–Kier alpha value is -1.30. The number of amides is 2. The SMILES string of the molecule is CNC(=O)[C@H](CCCC1CCC(O)CC1)OC(N)=O. The van der Waals surface area contributed by atoms with Gasteiger partial charge in [-0.25, -0.2) is 4.79 Å². The maximum atomic E-state index is 11.5. The first kappa shape index (κ1) is 15.8. The lowest BCUT2D eigenvalue weighted by molar-refractivity contribution is -0.129. The Bertz CT molecular complexity index is 301. The number of nitrogens with two attached hydrogens (primary N) is 1. The van der Waals surface area contributed by atoms with Gasteiger partial charge in [0.05, 0.1) is 6.10 Å². The maximum absolute atomic E-state index is 11.5. The molecule has 110 valence electrons. The minimum Gasteiger partial charge on any atom is -0.436 e. The second kappa shape index (κ2) is 7.99. The van der Waals surface area contributed by atoms with Crippen LogP contribution in [0.5, 0.6) is 0 Å². The van der Waals surface area contributed by atoms with Crippen molar-refractivity contribution in [2.75, 3.05) is 7.05 Å². The van der Waals surface area contributed by atoms with E-state index in [-0.39, 0.29) is 12.0 Å². The maximum Gasteiger partial charge on any atom is 0.405 e. The van der Waals surface area contributed by atoms with Crippen molar-refractivity contribution in [2.24, 2.45) is 11.7 Å². The second-order valence-electron chi connectivity index (χ2n) is 5.15. The van der Waals surface area contributed by atoms with Crippen molar-refractivity contribution < 1.29 is 19.4 Å². The molecule has 0 bridgehead atoms. The fraction of sp³-hybridized carbons (Fsp3) is 0.846. The van der Waals surface area contributed by atoms with Crippen LogP contribution in [0.4, 0.5) is 4.79 Å². The van der Waals surface area contributed by atoms with Crippen LogP contribution < -0.4 is 11.1 Å². The Balaban J connectivity index is 2.27. The van der Waals surface area contributed by atoms with Crippen molar-refractivity contribution in [1.29, 1.82) is 0 Å². The first-order chi connectivity index (χ1) is 9.02. The van der Waals surface area contributed by atoms with E-state index in [0.717, 1.165) is 38.5 Å². The molecule has 1 aliphatic carbocycles. The molecule has 0 aromatic rings. The third-order valence-electron chi connectivity index (χ3n) is 3.69. The van der Waals surface area contributed by atoms with Crippen molar-refractivity contribution >= 4 is 12.0 Å². The van der Waals surface area contributed by atoms with E-state index in [0.29, 0.717) is 12.3 Å². The van der Waals surface area contributed by atoms with E-state index in [9.17, 15) is 14.7 Å². The minimum atomic E-state index is -0.922.